The van der Waals surface area contributed by atoms with Gasteiger partial charge in [0.2, 0.25) is 11.7 Å². The second kappa shape index (κ2) is 5.40. The van der Waals surface area contributed by atoms with Crippen LogP contribution < -0.4 is 10.1 Å². The van der Waals surface area contributed by atoms with E-state index in [2.05, 4.69) is 10.4 Å². The summed E-state index contributed by atoms with van der Waals surface area (Å²) in [4.78, 5) is 11.8. The van der Waals surface area contributed by atoms with Crippen molar-refractivity contribution in [2.75, 3.05) is 13.2 Å². The van der Waals surface area contributed by atoms with Crippen molar-refractivity contribution < 1.29 is 19.0 Å². The lowest BCUT2D eigenvalue weighted by Crippen LogP contribution is -2.33. The van der Waals surface area contributed by atoms with Crippen molar-refractivity contribution in [2.24, 2.45) is 5.41 Å². The Morgan fingerprint density at radius 3 is 2.90 bits per heavy atom. The van der Waals surface area contributed by atoms with E-state index in [1.54, 1.807) is 0 Å². The van der Waals surface area contributed by atoms with Gasteiger partial charge < -0.3 is 15.2 Å². The molecule has 0 saturated heterocycles. The van der Waals surface area contributed by atoms with Gasteiger partial charge in [0.15, 0.2) is 5.69 Å². The van der Waals surface area contributed by atoms with Crippen molar-refractivity contribution in [2.45, 2.75) is 39.8 Å². The number of nitrogens with one attached hydrogen (secondary N) is 1. The van der Waals surface area contributed by atoms with Crippen LogP contribution in [0.4, 0.5) is 4.39 Å². The number of aliphatic hydroxyl groups excluding tert-OH is 1. The predicted molar refractivity (Wildman–Crippen MR) is 70.1 cm³/mol. The number of ether oxygens (including phenoxy) is 1. The van der Waals surface area contributed by atoms with Crippen molar-refractivity contribution in [1.29, 1.82) is 0 Å². The van der Waals surface area contributed by atoms with Gasteiger partial charge in [0.25, 0.3) is 5.91 Å². The van der Waals surface area contributed by atoms with Crippen molar-refractivity contribution in [3.05, 3.63) is 11.5 Å². The lowest BCUT2D eigenvalue weighted by Gasteiger charge is -2.25. The molecule has 0 aromatic carbocycles. The molecule has 6 nitrogen and oxygen atoms in total. The minimum Gasteiger partial charge on any atom is -0.474 e. The molecule has 112 valence electrons. The van der Waals surface area contributed by atoms with Gasteiger partial charge in [-0.2, -0.15) is 9.49 Å². The van der Waals surface area contributed by atoms with E-state index in [1.807, 2.05) is 20.8 Å². The van der Waals surface area contributed by atoms with Gasteiger partial charge in [0.1, 0.15) is 6.61 Å². The topological polar surface area (TPSA) is 76.4 Å². The Kier molecular flexibility index (Phi) is 3.99. The van der Waals surface area contributed by atoms with E-state index in [0.29, 0.717) is 19.6 Å². The molecule has 7 heteroatoms. The van der Waals surface area contributed by atoms with Gasteiger partial charge in [-0.25, -0.2) is 4.68 Å². The Bertz CT molecular complexity index is 508. The first-order chi connectivity index (χ1) is 9.30. The first-order valence-corrected chi connectivity index (χ1v) is 6.66. The van der Waals surface area contributed by atoms with Gasteiger partial charge in [0, 0.05) is 6.54 Å². The van der Waals surface area contributed by atoms with Gasteiger partial charge in [-0.3, -0.25) is 4.79 Å². The maximum absolute atomic E-state index is 13.8. The number of rotatable bonds is 4. The molecule has 20 heavy (non-hydrogen) atoms. The summed E-state index contributed by atoms with van der Waals surface area (Å²) in [5, 5.41) is 16.3. The molecule has 2 heterocycles. The number of hydrogen-bond acceptors (Lipinski definition) is 4. The number of aromatic nitrogens is 2. The summed E-state index contributed by atoms with van der Waals surface area (Å²) in [6, 6.07) is 0. The molecule has 0 bridgehead atoms. The number of aliphatic hydroxyl groups is 1. The standard InChI is InChI=1S/C13H20FN3O3/c1-13(2,3)8(18)4-5-15-11(19)10-9(14)12-17(16-10)6-7-20-12/h8,18H,4-7H2,1-3H3,(H,15,19). The van der Waals surface area contributed by atoms with Crippen molar-refractivity contribution in [3.8, 4) is 5.88 Å². The highest BCUT2D eigenvalue weighted by atomic mass is 19.1. The maximum atomic E-state index is 13.8. The van der Waals surface area contributed by atoms with Crippen LogP contribution in [0.15, 0.2) is 0 Å². The second-order valence-corrected chi connectivity index (χ2v) is 5.97. The molecule has 0 aliphatic carbocycles. The van der Waals surface area contributed by atoms with E-state index in [4.69, 9.17) is 4.74 Å². The molecular formula is C13H20FN3O3. The highest BCUT2D eigenvalue weighted by Gasteiger charge is 2.28. The quantitative estimate of drug-likeness (QED) is 0.863. The molecule has 0 radical (unpaired) electrons. The van der Waals surface area contributed by atoms with Crippen LogP contribution in [-0.2, 0) is 6.54 Å². The van der Waals surface area contributed by atoms with Gasteiger partial charge >= 0.3 is 0 Å². The first kappa shape index (κ1) is 14.8. The van der Waals surface area contributed by atoms with Crippen LogP contribution in [0, 0.1) is 11.2 Å². The Morgan fingerprint density at radius 2 is 2.30 bits per heavy atom. The summed E-state index contributed by atoms with van der Waals surface area (Å²) < 4.78 is 20.2. The zero-order chi connectivity index (χ0) is 14.9. The lowest BCUT2D eigenvalue weighted by atomic mass is 9.87. The average Bonchev–Trinajstić information content (AvgIpc) is 2.91. The number of fused-ring (bicyclic) bond motifs is 1. The molecule has 1 aromatic heterocycles. The number of carbonyl (C=O) groups excluding carboxylic acids is 1. The van der Waals surface area contributed by atoms with Crippen molar-refractivity contribution >= 4 is 5.91 Å². The SMILES string of the molecule is CC(C)(C)C(O)CCNC(=O)c1nn2c(c1F)OCC2. The van der Waals surface area contributed by atoms with Crippen LogP contribution in [-0.4, -0.2) is 40.0 Å². The average molecular weight is 285 g/mol. The Labute approximate surface area is 116 Å². The minimum atomic E-state index is -0.726. The zero-order valence-corrected chi connectivity index (χ0v) is 11.9. The normalized spacial score (nSPS) is 15.7. The highest BCUT2D eigenvalue weighted by Crippen LogP contribution is 2.24. The highest BCUT2D eigenvalue weighted by molar-refractivity contribution is 5.92. The fraction of sp³-hybridized carbons (Fsp3) is 0.692. The fourth-order valence-corrected chi connectivity index (χ4v) is 1.93. The number of halogens is 1. The number of hydrogen-bond donors (Lipinski definition) is 2. The third-order valence-electron chi connectivity index (χ3n) is 3.31. The smallest absolute Gasteiger partial charge is 0.275 e. The Morgan fingerprint density at radius 1 is 1.60 bits per heavy atom. The minimum absolute atomic E-state index is 0.0184. The maximum Gasteiger partial charge on any atom is 0.275 e. The molecule has 1 unspecified atom stereocenters. The molecule has 1 aliphatic rings. The summed E-state index contributed by atoms with van der Waals surface area (Å²) in [6.45, 7) is 6.82. The predicted octanol–water partition coefficient (Wildman–Crippen LogP) is 0.941. The van der Waals surface area contributed by atoms with Crippen LogP contribution in [0.25, 0.3) is 0 Å². The fourth-order valence-electron chi connectivity index (χ4n) is 1.93. The van der Waals surface area contributed by atoms with Gasteiger partial charge in [-0.1, -0.05) is 20.8 Å². The summed E-state index contributed by atoms with van der Waals surface area (Å²) in [6.07, 6.45) is -0.135. The lowest BCUT2D eigenvalue weighted by molar-refractivity contribution is 0.0550. The molecule has 1 aromatic rings. The van der Waals surface area contributed by atoms with Crippen molar-refractivity contribution in [1.82, 2.24) is 15.1 Å². The monoisotopic (exact) mass is 285 g/mol. The molecule has 2 rings (SSSR count). The number of carbonyl (C=O) groups is 1. The zero-order valence-electron chi connectivity index (χ0n) is 11.9. The van der Waals surface area contributed by atoms with Crippen molar-refractivity contribution in [3.63, 3.8) is 0 Å². The summed E-state index contributed by atoms with van der Waals surface area (Å²) >= 11 is 0. The Hall–Kier alpha value is -1.63. The third-order valence-corrected chi connectivity index (χ3v) is 3.31. The Balaban J connectivity index is 1.90. The van der Waals surface area contributed by atoms with Gasteiger partial charge in [-0.05, 0) is 11.8 Å². The van der Waals surface area contributed by atoms with Crippen LogP contribution in [0.5, 0.6) is 5.88 Å². The van der Waals surface area contributed by atoms with E-state index in [1.165, 1.54) is 4.68 Å². The third kappa shape index (κ3) is 2.92. The molecule has 1 aliphatic heterocycles. The second-order valence-electron chi connectivity index (χ2n) is 5.97. The summed E-state index contributed by atoms with van der Waals surface area (Å²) in [7, 11) is 0. The van der Waals surface area contributed by atoms with E-state index in [-0.39, 0.29) is 23.5 Å². The van der Waals surface area contributed by atoms with E-state index in [0.717, 1.165) is 0 Å². The van der Waals surface area contributed by atoms with E-state index >= 15 is 0 Å². The first-order valence-electron chi connectivity index (χ1n) is 6.66. The molecule has 2 N–H and O–H groups in total. The molecular weight excluding hydrogens is 265 g/mol. The molecule has 1 atom stereocenters. The van der Waals surface area contributed by atoms with Crippen LogP contribution in [0.3, 0.4) is 0 Å². The van der Waals surface area contributed by atoms with Gasteiger partial charge in [0.05, 0.1) is 12.6 Å². The molecule has 1 amide bonds. The summed E-state index contributed by atoms with van der Waals surface area (Å²) in [5.41, 5.74) is -0.510. The van der Waals surface area contributed by atoms with E-state index in [9.17, 15) is 14.3 Å². The van der Waals surface area contributed by atoms with Crippen LogP contribution in [0.2, 0.25) is 0 Å². The molecule has 0 spiro atoms. The number of nitrogens with zero attached hydrogens (tertiary/aromatic N) is 2. The van der Waals surface area contributed by atoms with Crippen LogP contribution in [0.1, 0.15) is 37.7 Å². The number of amides is 1. The largest absolute Gasteiger partial charge is 0.474 e. The van der Waals surface area contributed by atoms with E-state index < -0.39 is 17.8 Å². The summed E-state index contributed by atoms with van der Waals surface area (Å²) in [5.74, 6) is -1.30. The van der Waals surface area contributed by atoms with Gasteiger partial charge in [-0.15, -0.1) is 0 Å². The molecule has 0 saturated carbocycles. The molecule has 0 fully saturated rings. The van der Waals surface area contributed by atoms with Crippen LogP contribution >= 0.6 is 0 Å².